The largest absolute Gasteiger partial charge is 0.480 e. The summed E-state index contributed by atoms with van der Waals surface area (Å²) < 4.78 is 25.7. The molecule has 0 bridgehead atoms. The molecule has 0 aliphatic rings. The number of hydrogen-bond donors (Lipinski definition) is 2. The Kier molecular flexibility index (Phi) is 4.58. The molecule has 1 rings (SSSR count). The minimum Gasteiger partial charge on any atom is -0.480 e. The minimum absolute atomic E-state index is 0.208. The van der Waals surface area contributed by atoms with Crippen molar-refractivity contribution in [3.8, 4) is 0 Å². The van der Waals surface area contributed by atoms with E-state index in [0.29, 0.717) is 0 Å². The maximum absolute atomic E-state index is 13.0. The van der Waals surface area contributed by atoms with Crippen molar-refractivity contribution in [2.24, 2.45) is 0 Å². The second-order valence-corrected chi connectivity index (χ2v) is 4.46. The number of hydrogen-bond acceptors (Lipinski definition) is 2. The maximum atomic E-state index is 13.0. The number of benzene rings is 1. The van der Waals surface area contributed by atoms with Crippen LogP contribution in [-0.2, 0) is 16.0 Å². The van der Waals surface area contributed by atoms with Crippen LogP contribution in [0.5, 0.6) is 0 Å². The second-order valence-electron chi connectivity index (χ2n) is 4.46. The van der Waals surface area contributed by atoms with Crippen LogP contribution in [0.2, 0.25) is 0 Å². The van der Waals surface area contributed by atoms with Gasteiger partial charge in [0.05, 0.1) is 6.42 Å². The molecule has 1 atom stereocenters. The highest BCUT2D eigenvalue weighted by molar-refractivity contribution is 5.87. The summed E-state index contributed by atoms with van der Waals surface area (Å²) >= 11 is 0. The number of amides is 1. The van der Waals surface area contributed by atoms with Gasteiger partial charge in [-0.15, -0.1) is 0 Å². The summed E-state index contributed by atoms with van der Waals surface area (Å²) in [6.45, 7) is 3.02. The van der Waals surface area contributed by atoms with Gasteiger partial charge in [-0.05, 0) is 31.0 Å². The number of carboxylic acid groups (broad SMARTS) is 1. The van der Waals surface area contributed by atoms with Crippen LogP contribution >= 0.6 is 0 Å². The van der Waals surface area contributed by atoms with Gasteiger partial charge in [0, 0.05) is 0 Å². The first kappa shape index (κ1) is 15.1. The predicted octanol–water partition coefficient (Wildman–Crippen LogP) is 1.88. The highest BCUT2D eigenvalue weighted by atomic mass is 19.2. The van der Waals surface area contributed by atoms with Crippen molar-refractivity contribution < 1.29 is 23.5 Å². The third-order valence-corrected chi connectivity index (χ3v) is 2.94. The van der Waals surface area contributed by atoms with Gasteiger partial charge in [0.1, 0.15) is 5.54 Å². The molecule has 0 spiro atoms. The molecule has 6 heteroatoms. The molecule has 0 radical (unpaired) electrons. The fourth-order valence-electron chi connectivity index (χ4n) is 1.48. The van der Waals surface area contributed by atoms with Gasteiger partial charge in [-0.1, -0.05) is 13.0 Å². The summed E-state index contributed by atoms with van der Waals surface area (Å²) in [5.41, 5.74) is -1.09. The summed E-state index contributed by atoms with van der Waals surface area (Å²) in [6, 6.07) is 3.12. The standard InChI is InChI=1S/C13H15F2NO3/c1-3-13(2,12(18)19)16-11(17)7-8-4-5-9(14)10(15)6-8/h4-6H,3,7H2,1-2H3,(H,16,17)(H,18,19). The molecular formula is C13H15F2NO3. The molecule has 0 saturated carbocycles. The van der Waals surface area contributed by atoms with Gasteiger partial charge >= 0.3 is 5.97 Å². The zero-order valence-electron chi connectivity index (χ0n) is 10.7. The summed E-state index contributed by atoms with van der Waals surface area (Å²) in [5.74, 6) is -3.73. The van der Waals surface area contributed by atoms with Gasteiger partial charge in [0.25, 0.3) is 0 Å². The molecule has 4 nitrogen and oxygen atoms in total. The van der Waals surface area contributed by atoms with E-state index in [-0.39, 0.29) is 18.4 Å². The number of carboxylic acids is 1. The molecule has 1 amide bonds. The normalized spacial score (nSPS) is 13.7. The van der Waals surface area contributed by atoms with Gasteiger partial charge < -0.3 is 10.4 Å². The zero-order chi connectivity index (χ0) is 14.6. The highest BCUT2D eigenvalue weighted by Gasteiger charge is 2.32. The lowest BCUT2D eigenvalue weighted by molar-refractivity contribution is -0.146. The van der Waals surface area contributed by atoms with E-state index in [0.717, 1.165) is 12.1 Å². The van der Waals surface area contributed by atoms with Crippen LogP contribution in [0.3, 0.4) is 0 Å². The quantitative estimate of drug-likeness (QED) is 0.859. The Morgan fingerprint density at radius 1 is 1.32 bits per heavy atom. The van der Waals surface area contributed by atoms with Crippen LogP contribution in [0.1, 0.15) is 25.8 Å². The molecule has 0 saturated heterocycles. The van der Waals surface area contributed by atoms with Crippen molar-refractivity contribution in [2.75, 3.05) is 0 Å². The average Bonchev–Trinajstić information content (AvgIpc) is 2.33. The number of carbonyl (C=O) groups is 2. The van der Waals surface area contributed by atoms with E-state index in [1.807, 2.05) is 0 Å². The van der Waals surface area contributed by atoms with E-state index in [9.17, 15) is 18.4 Å². The molecule has 0 aliphatic carbocycles. The van der Waals surface area contributed by atoms with E-state index in [1.165, 1.54) is 13.0 Å². The van der Waals surface area contributed by atoms with Crippen molar-refractivity contribution in [1.29, 1.82) is 0 Å². The van der Waals surface area contributed by atoms with Crippen molar-refractivity contribution in [1.82, 2.24) is 5.32 Å². The summed E-state index contributed by atoms with van der Waals surface area (Å²) in [5, 5.41) is 11.4. The molecule has 2 N–H and O–H groups in total. The van der Waals surface area contributed by atoms with E-state index >= 15 is 0 Å². The molecule has 0 aliphatic heterocycles. The molecule has 19 heavy (non-hydrogen) atoms. The van der Waals surface area contributed by atoms with Crippen LogP contribution in [0, 0.1) is 11.6 Å². The minimum atomic E-state index is -1.37. The molecule has 0 fully saturated rings. The van der Waals surface area contributed by atoms with Crippen LogP contribution < -0.4 is 5.32 Å². The molecule has 104 valence electrons. The lowest BCUT2D eigenvalue weighted by Crippen LogP contribution is -2.52. The van der Waals surface area contributed by atoms with Crippen LogP contribution in [-0.4, -0.2) is 22.5 Å². The number of rotatable bonds is 5. The monoisotopic (exact) mass is 271 g/mol. The highest BCUT2D eigenvalue weighted by Crippen LogP contribution is 2.12. The maximum Gasteiger partial charge on any atom is 0.329 e. The Bertz CT molecular complexity index is 505. The Morgan fingerprint density at radius 3 is 2.42 bits per heavy atom. The molecule has 0 heterocycles. The Balaban J connectivity index is 2.75. The number of nitrogens with one attached hydrogen (secondary N) is 1. The average molecular weight is 271 g/mol. The van der Waals surface area contributed by atoms with Crippen LogP contribution in [0.4, 0.5) is 8.78 Å². The molecular weight excluding hydrogens is 256 g/mol. The summed E-state index contributed by atoms with van der Waals surface area (Å²) in [6.07, 6.45) is 0.00588. The number of halogens is 2. The van der Waals surface area contributed by atoms with E-state index in [4.69, 9.17) is 5.11 Å². The van der Waals surface area contributed by atoms with Crippen molar-refractivity contribution >= 4 is 11.9 Å². The van der Waals surface area contributed by atoms with Gasteiger partial charge in [-0.2, -0.15) is 0 Å². The van der Waals surface area contributed by atoms with E-state index in [2.05, 4.69) is 5.32 Å². The SMILES string of the molecule is CCC(C)(NC(=O)Cc1ccc(F)c(F)c1)C(=O)O. The fraction of sp³-hybridized carbons (Fsp3) is 0.385. The predicted molar refractivity (Wildman–Crippen MR) is 64.5 cm³/mol. The van der Waals surface area contributed by atoms with E-state index in [1.54, 1.807) is 6.92 Å². The van der Waals surface area contributed by atoms with E-state index < -0.39 is 29.0 Å². The Labute approximate surface area is 109 Å². The molecule has 1 unspecified atom stereocenters. The first-order valence-corrected chi connectivity index (χ1v) is 5.77. The third-order valence-electron chi connectivity index (χ3n) is 2.94. The van der Waals surface area contributed by atoms with Crippen molar-refractivity contribution in [3.63, 3.8) is 0 Å². The van der Waals surface area contributed by atoms with Gasteiger partial charge in [-0.25, -0.2) is 13.6 Å². The number of aliphatic carboxylic acids is 1. The Hall–Kier alpha value is -1.98. The van der Waals surface area contributed by atoms with Gasteiger partial charge in [0.15, 0.2) is 11.6 Å². The lowest BCUT2D eigenvalue weighted by Gasteiger charge is -2.24. The summed E-state index contributed by atoms with van der Waals surface area (Å²) in [4.78, 5) is 22.7. The topological polar surface area (TPSA) is 66.4 Å². The summed E-state index contributed by atoms with van der Waals surface area (Å²) in [7, 11) is 0. The third kappa shape index (κ3) is 3.74. The lowest BCUT2D eigenvalue weighted by atomic mass is 9.98. The second kappa shape index (κ2) is 5.77. The number of carbonyl (C=O) groups excluding carboxylic acids is 1. The van der Waals surface area contributed by atoms with Crippen LogP contribution in [0.15, 0.2) is 18.2 Å². The van der Waals surface area contributed by atoms with Crippen molar-refractivity contribution in [2.45, 2.75) is 32.2 Å². The van der Waals surface area contributed by atoms with Gasteiger partial charge in [0.2, 0.25) is 5.91 Å². The molecule has 1 aromatic carbocycles. The van der Waals surface area contributed by atoms with Crippen molar-refractivity contribution in [3.05, 3.63) is 35.4 Å². The zero-order valence-corrected chi connectivity index (χ0v) is 10.7. The first-order chi connectivity index (χ1) is 8.78. The smallest absolute Gasteiger partial charge is 0.329 e. The molecule has 0 aromatic heterocycles. The Morgan fingerprint density at radius 2 is 1.95 bits per heavy atom. The van der Waals surface area contributed by atoms with Crippen LogP contribution in [0.25, 0.3) is 0 Å². The van der Waals surface area contributed by atoms with Gasteiger partial charge in [-0.3, -0.25) is 4.79 Å². The fourth-order valence-corrected chi connectivity index (χ4v) is 1.48. The molecule has 1 aromatic rings. The first-order valence-electron chi connectivity index (χ1n) is 5.77.